The molecule has 3 unspecified atom stereocenters. The highest BCUT2D eigenvalue weighted by molar-refractivity contribution is 7.15. The lowest BCUT2D eigenvalue weighted by Gasteiger charge is -2.36. The Morgan fingerprint density at radius 1 is 1.26 bits per heavy atom. The van der Waals surface area contributed by atoms with E-state index in [2.05, 4.69) is 31.8 Å². The summed E-state index contributed by atoms with van der Waals surface area (Å²) in [6, 6.07) is 0.999. The second-order valence-corrected chi connectivity index (χ2v) is 11.9. The number of hydrogen-bond acceptors (Lipinski definition) is 4. The van der Waals surface area contributed by atoms with Crippen molar-refractivity contribution in [3.8, 4) is 11.8 Å². The topological polar surface area (TPSA) is 74.7 Å². The third-order valence-electron chi connectivity index (χ3n) is 6.72. The highest BCUT2D eigenvalue weighted by atomic mass is 32.1. The Labute approximate surface area is 213 Å². The molecule has 3 atom stereocenters. The van der Waals surface area contributed by atoms with Crippen LogP contribution in [-0.2, 0) is 9.59 Å². The first kappa shape index (κ1) is 26.9. The fourth-order valence-electron chi connectivity index (χ4n) is 4.88. The summed E-state index contributed by atoms with van der Waals surface area (Å²) >= 11 is 1.07. The molecule has 0 saturated heterocycles. The molecule has 0 spiro atoms. The zero-order valence-electron chi connectivity index (χ0n) is 21.7. The highest BCUT2D eigenvalue weighted by Crippen LogP contribution is 2.38. The van der Waals surface area contributed by atoms with Gasteiger partial charge in [-0.05, 0) is 83.8 Å². The molecule has 5 nitrogen and oxygen atoms in total. The molecule has 0 saturated carbocycles. The van der Waals surface area contributed by atoms with E-state index in [1.807, 2.05) is 33.8 Å². The average molecular weight is 496 g/mol. The molecule has 2 aliphatic carbocycles. The number of nitrogens with zero attached hydrogens (tertiary/aromatic N) is 1. The van der Waals surface area contributed by atoms with Gasteiger partial charge in [0, 0.05) is 11.3 Å². The minimum atomic E-state index is -1.11. The SMILES string of the molecule is CCC1=CCCCC(N(C(=O)C2CC=C(C)CC2C)c2cc(C#CC(C)(C)C)sc2C(=O)O)C1=O. The first-order valence-corrected chi connectivity index (χ1v) is 13.4. The van der Waals surface area contributed by atoms with Crippen LogP contribution in [0.2, 0.25) is 0 Å². The van der Waals surface area contributed by atoms with E-state index < -0.39 is 12.0 Å². The van der Waals surface area contributed by atoms with Gasteiger partial charge in [0.2, 0.25) is 5.91 Å². The van der Waals surface area contributed by atoms with Crippen LogP contribution >= 0.6 is 11.3 Å². The average Bonchev–Trinajstić information content (AvgIpc) is 3.11. The molecule has 1 aromatic rings. The van der Waals surface area contributed by atoms with Crippen molar-refractivity contribution < 1.29 is 19.5 Å². The van der Waals surface area contributed by atoms with Gasteiger partial charge in [-0.1, -0.05) is 43.4 Å². The summed E-state index contributed by atoms with van der Waals surface area (Å²) < 4.78 is 0. The highest BCUT2D eigenvalue weighted by Gasteiger charge is 2.40. The number of hydrogen-bond donors (Lipinski definition) is 1. The fraction of sp³-hybridized carbons (Fsp3) is 0.552. The molecule has 0 radical (unpaired) electrons. The predicted octanol–water partition coefficient (Wildman–Crippen LogP) is 6.63. The van der Waals surface area contributed by atoms with Gasteiger partial charge in [0.25, 0.3) is 0 Å². The molecule has 35 heavy (non-hydrogen) atoms. The maximum atomic E-state index is 14.2. The molecule has 0 bridgehead atoms. The van der Waals surface area contributed by atoms with Gasteiger partial charge >= 0.3 is 5.97 Å². The third-order valence-corrected chi connectivity index (χ3v) is 7.74. The molecule has 1 aromatic heterocycles. The summed E-state index contributed by atoms with van der Waals surface area (Å²) in [5, 5.41) is 10.1. The summed E-state index contributed by atoms with van der Waals surface area (Å²) in [5.74, 6) is 4.73. The summed E-state index contributed by atoms with van der Waals surface area (Å²) in [5.41, 5.74) is 2.04. The maximum Gasteiger partial charge on any atom is 0.348 e. The van der Waals surface area contributed by atoms with Crippen LogP contribution in [0.25, 0.3) is 0 Å². The number of thiophene rings is 1. The Bertz CT molecular complexity index is 1120. The van der Waals surface area contributed by atoms with Crippen molar-refractivity contribution in [2.45, 2.75) is 86.1 Å². The van der Waals surface area contributed by atoms with E-state index in [-0.39, 0.29) is 33.8 Å². The van der Waals surface area contributed by atoms with Gasteiger partial charge < -0.3 is 5.11 Å². The Morgan fingerprint density at radius 2 is 1.97 bits per heavy atom. The standard InChI is InChI=1S/C29H37NO4S/c1-7-20-10-8-9-11-23(25(20)31)30(27(32)22-13-12-18(2)16-19(22)3)24-17-21(14-15-29(4,5)6)35-26(24)28(33)34/h10,12,17,19,22-23H,7-9,11,13,16H2,1-6H3,(H,33,34). The van der Waals surface area contributed by atoms with Crippen LogP contribution in [0.15, 0.2) is 29.4 Å². The number of Topliss-reactive ketones (excluding diaryl/α,β-unsaturated/α-hetero) is 1. The quantitative estimate of drug-likeness (QED) is 0.368. The summed E-state index contributed by atoms with van der Waals surface area (Å²) in [6.45, 7) is 12.1. The van der Waals surface area contributed by atoms with E-state index in [9.17, 15) is 19.5 Å². The molecule has 1 N–H and O–H groups in total. The van der Waals surface area contributed by atoms with Crippen molar-refractivity contribution in [1.82, 2.24) is 0 Å². The number of carboxylic acids is 1. The van der Waals surface area contributed by atoms with Crippen LogP contribution in [-0.4, -0.2) is 28.8 Å². The Kier molecular flexibility index (Phi) is 8.43. The number of carbonyl (C=O) groups is 3. The van der Waals surface area contributed by atoms with Gasteiger partial charge in [0.15, 0.2) is 5.78 Å². The number of anilines is 1. The van der Waals surface area contributed by atoms with E-state index >= 15 is 0 Å². The van der Waals surface area contributed by atoms with Crippen molar-refractivity contribution in [1.29, 1.82) is 0 Å². The Hall–Kier alpha value is -2.65. The first-order chi connectivity index (χ1) is 16.4. The molecule has 0 aliphatic heterocycles. The van der Waals surface area contributed by atoms with Crippen LogP contribution in [0, 0.1) is 29.1 Å². The minimum Gasteiger partial charge on any atom is -0.477 e. The summed E-state index contributed by atoms with van der Waals surface area (Å²) in [7, 11) is 0. The van der Waals surface area contributed by atoms with Crippen LogP contribution in [0.5, 0.6) is 0 Å². The van der Waals surface area contributed by atoms with Gasteiger partial charge in [-0.3, -0.25) is 14.5 Å². The molecule has 0 fully saturated rings. The normalized spacial score (nSPS) is 22.9. The van der Waals surface area contributed by atoms with Crippen molar-refractivity contribution in [2.24, 2.45) is 17.3 Å². The number of rotatable bonds is 5. The van der Waals surface area contributed by atoms with Crippen LogP contribution < -0.4 is 4.90 Å². The van der Waals surface area contributed by atoms with Crippen molar-refractivity contribution >= 4 is 34.7 Å². The Morgan fingerprint density at radius 3 is 2.57 bits per heavy atom. The monoisotopic (exact) mass is 495 g/mol. The van der Waals surface area contributed by atoms with E-state index in [1.165, 1.54) is 10.5 Å². The van der Waals surface area contributed by atoms with Gasteiger partial charge in [0.1, 0.15) is 4.88 Å². The molecule has 1 heterocycles. The maximum absolute atomic E-state index is 14.2. The lowest BCUT2D eigenvalue weighted by molar-refractivity contribution is -0.127. The van der Waals surface area contributed by atoms with Gasteiger partial charge in [0.05, 0.1) is 16.6 Å². The number of amides is 1. The second kappa shape index (κ2) is 11.0. The molecule has 2 aliphatic rings. The minimum absolute atomic E-state index is 0.0609. The number of aromatic carboxylic acids is 1. The van der Waals surface area contributed by atoms with Crippen LogP contribution in [0.3, 0.4) is 0 Å². The molecule has 0 aromatic carbocycles. The van der Waals surface area contributed by atoms with Crippen molar-refractivity contribution in [3.05, 3.63) is 39.1 Å². The largest absolute Gasteiger partial charge is 0.477 e. The van der Waals surface area contributed by atoms with Gasteiger partial charge in [-0.15, -0.1) is 11.3 Å². The first-order valence-electron chi connectivity index (χ1n) is 12.5. The second-order valence-electron chi connectivity index (χ2n) is 10.8. The molecule has 6 heteroatoms. The van der Waals surface area contributed by atoms with E-state index in [0.717, 1.165) is 36.2 Å². The number of ketones is 1. The lowest BCUT2D eigenvalue weighted by Crippen LogP contribution is -2.49. The van der Waals surface area contributed by atoms with Crippen molar-refractivity contribution in [2.75, 3.05) is 4.90 Å². The number of allylic oxidation sites excluding steroid dienone is 3. The fourth-order valence-corrected chi connectivity index (χ4v) is 5.72. The third kappa shape index (κ3) is 6.32. The van der Waals surface area contributed by atoms with Crippen molar-refractivity contribution in [3.63, 3.8) is 0 Å². The smallest absolute Gasteiger partial charge is 0.348 e. The molecule has 188 valence electrons. The zero-order valence-corrected chi connectivity index (χ0v) is 22.6. The molecule has 1 amide bonds. The molecular weight excluding hydrogens is 458 g/mol. The lowest BCUT2D eigenvalue weighted by atomic mass is 9.80. The van der Waals surface area contributed by atoms with E-state index in [1.54, 1.807) is 6.07 Å². The predicted molar refractivity (Wildman–Crippen MR) is 142 cm³/mol. The summed E-state index contributed by atoms with van der Waals surface area (Å²) in [4.78, 5) is 42.3. The van der Waals surface area contributed by atoms with Gasteiger partial charge in [-0.2, -0.15) is 0 Å². The Balaban J connectivity index is 2.16. The summed E-state index contributed by atoms with van der Waals surface area (Å²) in [6.07, 6.45) is 8.16. The van der Waals surface area contributed by atoms with Crippen LogP contribution in [0.1, 0.15) is 94.6 Å². The van der Waals surface area contributed by atoms with E-state index in [4.69, 9.17) is 0 Å². The van der Waals surface area contributed by atoms with Gasteiger partial charge in [-0.25, -0.2) is 4.79 Å². The number of carboxylic acid groups (broad SMARTS) is 1. The molecule has 3 rings (SSSR count). The molecular formula is C29H37NO4S. The zero-order chi connectivity index (χ0) is 25.9. The van der Waals surface area contributed by atoms with Crippen LogP contribution in [0.4, 0.5) is 5.69 Å². The number of carbonyl (C=O) groups excluding carboxylic acids is 2. The van der Waals surface area contributed by atoms with E-state index in [0.29, 0.717) is 29.8 Å².